The van der Waals surface area contributed by atoms with E-state index in [1.165, 1.54) is 12.1 Å². The van der Waals surface area contributed by atoms with Gasteiger partial charge in [-0.3, -0.25) is 4.90 Å². The maximum Gasteiger partial charge on any atom is 0.191 e. The van der Waals surface area contributed by atoms with Gasteiger partial charge >= 0.3 is 0 Å². The number of guanidine groups is 1. The van der Waals surface area contributed by atoms with Gasteiger partial charge in [-0.05, 0) is 44.9 Å². The van der Waals surface area contributed by atoms with Crippen molar-refractivity contribution in [1.29, 1.82) is 0 Å². The predicted octanol–water partition coefficient (Wildman–Crippen LogP) is 3.00. The fraction of sp³-hybridized carbons (Fsp3) is 0.632. The van der Waals surface area contributed by atoms with Crippen LogP contribution in [0.25, 0.3) is 0 Å². The normalized spacial score (nSPS) is 21.2. The molecule has 2 atom stereocenters. The second-order valence-corrected chi connectivity index (χ2v) is 6.62. The maximum absolute atomic E-state index is 12.9. The van der Waals surface area contributed by atoms with Crippen molar-refractivity contribution in [1.82, 2.24) is 15.5 Å². The van der Waals surface area contributed by atoms with Gasteiger partial charge in [0.1, 0.15) is 5.82 Å². The average Bonchev–Trinajstić information content (AvgIpc) is 2.57. The van der Waals surface area contributed by atoms with Crippen LogP contribution < -0.4 is 10.6 Å². The molecule has 1 saturated heterocycles. The molecule has 0 aromatic heterocycles. The molecule has 2 unspecified atom stereocenters. The molecular formula is C19H32FIN4O. The summed E-state index contributed by atoms with van der Waals surface area (Å²) in [5, 5.41) is 6.62. The number of halogens is 2. The van der Waals surface area contributed by atoms with E-state index >= 15 is 0 Å². The summed E-state index contributed by atoms with van der Waals surface area (Å²) in [4.78, 5) is 7.02. The monoisotopic (exact) mass is 478 g/mol. The molecule has 0 spiro atoms. The number of nitrogens with zero attached hydrogens (tertiary/aromatic N) is 2. The van der Waals surface area contributed by atoms with E-state index in [1.807, 2.05) is 6.92 Å². The van der Waals surface area contributed by atoms with Gasteiger partial charge in [-0.25, -0.2) is 9.38 Å². The molecule has 0 radical (unpaired) electrons. The zero-order valence-electron chi connectivity index (χ0n) is 16.0. The van der Waals surface area contributed by atoms with Crippen molar-refractivity contribution in [2.24, 2.45) is 4.99 Å². The molecule has 0 bridgehead atoms. The first-order chi connectivity index (χ1) is 12.1. The van der Waals surface area contributed by atoms with Gasteiger partial charge in [0.15, 0.2) is 5.96 Å². The fourth-order valence-electron chi connectivity index (χ4n) is 3.08. The lowest BCUT2D eigenvalue weighted by Gasteiger charge is -2.35. The number of morpholine rings is 1. The van der Waals surface area contributed by atoms with Crippen molar-refractivity contribution in [2.45, 2.75) is 45.9 Å². The number of aliphatic imine (C=N–C) groups is 1. The Kier molecular flexibility index (Phi) is 11.1. The molecule has 1 aromatic rings. The largest absolute Gasteiger partial charge is 0.373 e. The number of rotatable bonds is 7. The van der Waals surface area contributed by atoms with Crippen molar-refractivity contribution in [2.75, 3.05) is 32.7 Å². The Hall–Kier alpha value is -0.930. The molecule has 1 heterocycles. The number of nitrogens with one attached hydrogen (secondary N) is 2. The molecular weight excluding hydrogens is 446 g/mol. The summed E-state index contributed by atoms with van der Waals surface area (Å²) in [6, 6.07) is 6.47. The van der Waals surface area contributed by atoms with Gasteiger partial charge in [0.2, 0.25) is 0 Å². The van der Waals surface area contributed by atoms with Crippen LogP contribution in [0, 0.1) is 5.82 Å². The van der Waals surface area contributed by atoms with Gasteiger partial charge in [0.05, 0.1) is 18.8 Å². The van der Waals surface area contributed by atoms with Gasteiger partial charge in [-0.2, -0.15) is 0 Å². The van der Waals surface area contributed by atoms with E-state index in [0.29, 0.717) is 18.8 Å². The Bertz CT molecular complexity index is 531. The Morgan fingerprint density at radius 2 is 1.85 bits per heavy atom. The van der Waals surface area contributed by atoms with Crippen LogP contribution in [0.1, 0.15) is 32.8 Å². The molecule has 5 nitrogen and oxygen atoms in total. The highest BCUT2D eigenvalue weighted by atomic mass is 127. The van der Waals surface area contributed by atoms with E-state index in [-0.39, 0.29) is 29.8 Å². The highest BCUT2D eigenvalue weighted by Gasteiger charge is 2.21. The fourth-order valence-corrected chi connectivity index (χ4v) is 3.08. The van der Waals surface area contributed by atoms with Gasteiger partial charge in [-0.1, -0.05) is 12.1 Å². The second kappa shape index (κ2) is 12.5. The highest BCUT2D eigenvalue weighted by Crippen LogP contribution is 2.10. The van der Waals surface area contributed by atoms with Crippen molar-refractivity contribution < 1.29 is 9.13 Å². The van der Waals surface area contributed by atoms with Crippen molar-refractivity contribution in [3.8, 4) is 0 Å². The topological polar surface area (TPSA) is 48.9 Å². The van der Waals surface area contributed by atoms with Gasteiger partial charge in [-0.15, -0.1) is 24.0 Å². The summed E-state index contributed by atoms with van der Waals surface area (Å²) in [6.45, 7) is 11.6. The van der Waals surface area contributed by atoms with Crippen molar-refractivity contribution in [3.63, 3.8) is 0 Å². The van der Waals surface area contributed by atoms with E-state index in [1.54, 1.807) is 12.1 Å². The lowest BCUT2D eigenvalue weighted by Crippen LogP contribution is -2.46. The zero-order valence-corrected chi connectivity index (χ0v) is 18.3. The first kappa shape index (κ1) is 23.1. The number of hydrogen-bond donors (Lipinski definition) is 2. The predicted molar refractivity (Wildman–Crippen MR) is 116 cm³/mol. The van der Waals surface area contributed by atoms with Crippen molar-refractivity contribution >= 4 is 29.9 Å². The molecule has 7 heteroatoms. The standard InChI is InChI=1S/C19H31FN4O.HI/c1-4-21-19(23-12-17-6-8-18(20)9-7-17)22-10-5-11-24-13-15(2)25-16(3)14-24;/h6-9,15-16H,4-5,10-14H2,1-3H3,(H2,21,22,23);1H. The van der Waals surface area contributed by atoms with E-state index in [2.05, 4.69) is 34.4 Å². The van der Waals surface area contributed by atoms with Crippen LogP contribution in [0.2, 0.25) is 0 Å². The SMILES string of the molecule is CCNC(=NCc1ccc(F)cc1)NCCCN1CC(C)OC(C)C1.I. The average molecular weight is 478 g/mol. The minimum atomic E-state index is -0.218. The maximum atomic E-state index is 12.9. The minimum Gasteiger partial charge on any atom is -0.373 e. The lowest BCUT2D eigenvalue weighted by molar-refractivity contribution is -0.0679. The molecule has 0 aliphatic carbocycles. The zero-order chi connectivity index (χ0) is 18.1. The molecule has 2 N–H and O–H groups in total. The highest BCUT2D eigenvalue weighted by molar-refractivity contribution is 14.0. The molecule has 2 rings (SSSR count). The summed E-state index contributed by atoms with van der Waals surface area (Å²) in [7, 11) is 0. The Morgan fingerprint density at radius 1 is 1.19 bits per heavy atom. The van der Waals surface area contributed by atoms with Crippen molar-refractivity contribution in [3.05, 3.63) is 35.6 Å². The molecule has 26 heavy (non-hydrogen) atoms. The Balaban J connectivity index is 0.00000338. The summed E-state index contributed by atoms with van der Waals surface area (Å²) < 4.78 is 18.7. The van der Waals surface area contributed by atoms with E-state index in [0.717, 1.165) is 50.7 Å². The molecule has 1 aliphatic rings. The van der Waals surface area contributed by atoms with Crippen LogP contribution in [0.3, 0.4) is 0 Å². The molecule has 0 saturated carbocycles. The number of hydrogen-bond acceptors (Lipinski definition) is 3. The third-order valence-corrected chi connectivity index (χ3v) is 4.12. The van der Waals surface area contributed by atoms with Crippen LogP contribution in [-0.2, 0) is 11.3 Å². The summed E-state index contributed by atoms with van der Waals surface area (Å²) in [5.41, 5.74) is 0.995. The first-order valence-electron chi connectivity index (χ1n) is 9.21. The Labute approximate surface area is 173 Å². The first-order valence-corrected chi connectivity index (χ1v) is 9.21. The second-order valence-electron chi connectivity index (χ2n) is 6.62. The molecule has 0 amide bonds. The molecule has 1 aliphatic heterocycles. The smallest absolute Gasteiger partial charge is 0.191 e. The summed E-state index contributed by atoms with van der Waals surface area (Å²) in [6.07, 6.45) is 1.68. The Morgan fingerprint density at radius 3 is 2.46 bits per heavy atom. The van der Waals surface area contributed by atoms with Gasteiger partial charge in [0, 0.05) is 32.7 Å². The molecule has 1 aromatic carbocycles. The van der Waals surface area contributed by atoms with Gasteiger partial charge in [0.25, 0.3) is 0 Å². The van der Waals surface area contributed by atoms with Crippen LogP contribution in [-0.4, -0.2) is 55.8 Å². The number of ether oxygens (including phenoxy) is 1. The van der Waals surface area contributed by atoms with Crippen LogP contribution >= 0.6 is 24.0 Å². The van der Waals surface area contributed by atoms with Crippen LogP contribution in [0.4, 0.5) is 4.39 Å². The van der Waals surface area contributed by atoms with Crippen LogP contribution in [0.5, 0.6) is 0 Å². The molecule has 1 fully saturated rings. The van der Waals surface area contributed by atoms with E-state index in [9.17, 15) is 4.39 Å². The summed E-state index contributed by atoms with van der Waals surface area (Å²) >= 11 is 0. The molecule has 148 valence electrons. The number of benzene rings is 1. The van der Waals surface area contributed by atoms with Crippen LogP contribution in [0.15, 0.2) is 29.3 Å². The van der Waals surface area contributed by atoms with E-state index < -0.39 is 0 Å². The minimum absolute atomic E-state index is 0. The lowest BCUT2D eigenvalue weighted by atomic mass is 10.2. The van der Waals surface area contributed by atoms with E-state index in [4.69, 9.17) is 4.74 Å². The van der Waals surface area contributed by atoms with Gasteiger partial charge < -0.3 is 15.4 Å². The quantitative estimate of drug-likeness (QED) is 0.274. The third-order valence-electron chi connectivity index (χ3n) is 4.12. The summed E-state index contributed by atoms with van der Waals surface area (Å²) in [5.74, 6) is 0.583. The third kappa shape index (κ3) is 8.64.